The molecule has 1 aromatic carbocycles. The van der Waals surface area contributed by atoms with Gasteiger partial charge < -0.3 is 5.73 Å². The fraction of sp³-hybridized carbons (Fsp3) is 0.250. The maximum atomic E-state index is 12.8. The second kappa shape index (κ2) is 5.51. The average Bonchev–Trinajstić information content (AvgIpc) is 1.99. The molecule has 0 bridgehead atoms. The van der Waals surface area contributed by atoms with Crippen molar-refractivity contribution in [1.29, 1.82) is 0 Å². The van der Waals surface area contributed by atoms with Crippen LogP contribution in [0.2, 0.25) is 0 Å². The van der Waals surface area contributed by atoms with E-state index in [1.807, 2.05) is 6.07 Å². The Kier molecular flexibility index (Phi) is 5.46. The Morgan fingerprint density at radius 1 is 1.42 bits per heavy atom. The number of rotatable bonds is 2. The zero-order valence-electron chi connectivity index (χ0n) is 6.39. The molecule has 0 saturated heterocycles. The normalized spacial score (nSPS) is 9.25. The third-order valence-corrected chi connectivity index (χ3v) is 2.33. The molecule has 0 saturated carbocycles. The predicted octanol–water partition coefficient (Wildman–Crippen LogP) is 2.51. The van der Waals surface area contributed by atoms with E-state index in [0.29, 0.717) is 17.4 Å². The molecule has 1 aromatic rings. The number of nitrogens with two attached hydrogens (primary N) is 1. The maximum absolute atomic E-state index is 12.8. The van der Waals surface area contributed by atoms with Crippen LogP contribution in [0.1, 0.15) is 5.56 Å². The summed E-state index contributed by atoms with van der Waals surface area (Å²) < 4.78 is 13.3. The van der Waals surface area contributed by atoms with E-state index < -0.39 is 0 Å². The first-order valence-electron chi connectivity index (χ1n) is 3.38. The Morgan fingerprint density at radius 2 is 2.08 bits per heavy atom. The van der Waals surface area contributed by atoms with E-state index in [1.54, 1.807) is 6.07 Å². The smallest absolute Gasteiger partial charge is 0.137 e. The quantitative estimate of drug-likeness (QED) is 0.862. The molecule has 0 unspecified atom stereocenters. The Bertz CT molecular complexity index is 255. The summed E-state index contributed by atoms with van der Waals surface area (Å²) in [6.07, 6.45) is 0.707. The second-order valence-corrected chi connectivity index (χ2v) is 3.04. The van der Waals surface area contributed by atoms with Gasteiger partial charge in [-0.15, -0.1) is 12.4 Å². The van der Waals surface area contributed by atoms with E-state index in [2.05, 4.69) is 15.9 Å². The van der Waals surface area contributed by atoms with Crippen molar-refractivity contribution < 1.29 is 4.39 Å². The third kappa shape index (κ3) is 2.73. The largest absolute Gasteiger partial charge is 0.330 e. The summed E-state index contributed by atoms with van der Waals surface area (Å²) in [5.74, 6) is -0.226. The highest BCUT2D eigenvalue weighted by molar-refractivity contribution is 9.10. The molecule has 68 valence electrons. The highest BCUT2D eigenvalue weighted by atomic mass is 79.9. The number of benzene rings is 1. The lowest BCUT2D eigenvalue weighted by Gasteiger charge is -2.01. The van der Waals surface area contributed by atoms with E-state index in [0.717, 1.165) is 5.56 Å². The van der Waals surface area contributed by atoms with Gasteiger partial charge >= 0.3 is 0 Å². The lowest BCUT2D eigenvalue weighted by Crippen LogP contribution is -2.03. The van der Waals surface area contributed by atoms with Gasteiger partial charge in [-0.1, -0.05) is 12.1 Å². The lowest BCUT2D eigenvalue weighted by molar-refractivity contribution is 0.618. The van der Waals surface area contributed by atoms with E-state index in [4.69, 9.17) is 5.73 Å². The van der Waals surface area contributed by atoms with Gasteiger partial charge in [0.1, 0.15) is 5.82 Å². The minimum atomic E-state index is -0.226. The molecule has 0 amide bonds. The van der Waals surface area contributed by atoms with Crippen molar-refractivity contribution in [3.8, 4) is 0 Å². The van der Waals surface area contributed by atoms with Crippen molar-refractivity contribution in [2.75, 3.05) is 6.54 Å². The highest BCUT2D eigenvalue weighted by Gasteiger charge is 2.02. The van der Waals surface area contributed by atoms with E-state index >= 15 is 0 Å². The molecule has 12 heavy (non-hydrogen) atoms. The SMILES string of the molecule is Cl.NCCc1cccc(F)c1Br. The van der Waals surface area contributed by atoms with Crippen molar-refractivity contribution in [3.05, 3.63) is 34.1 Å². The van der Waals surface area contributed by atoms with Crippen LogP contribution in [0.4, 0.5) is 4.39 Å². The van der Waals surface area contributed by atoms with Crippen LogP contribution in [0.15, 0.2) is 22.7 Å². The van der Waals surface area contributed by atoms with Crippen LogP contribution in [0.3, 0.4) is 0 Å². The van der Waals surface area contributed by atoms with Crippen LogP contribution in [0, 0.1) is 5.82 Å². The summed E-state index contributed by atoms with van der Waals surface area (Å²) in [7, 11) is 0. The molecule has 0 heterocycles. The Hall–Kier alpha value is -0.120. The summed E-state index contributed by atoms with van der Waals surface area (Å²) >= 11 is 3.15. The van der Waals surface area contributed by atoms with Gasteiger partial charge in [-0.2, -0.15) is 0 Å². The third-order valence-electron chi connectivity index (χ3n) is 1.45. The summed E-state index contributed by atoms with van der Waals surface area (Å²) in [6.45, 7) is 0.544. The van der Waals surface area contributed by atoms with Crippen LogP contribution in [0.5, 0.6) is 0 Å². The van der Waals surface area contributed by atoms with Crippen molar-refractivity contribution >= 4 is 28.3 Å². The van der Waals surface area contributed by atoms with Crippen LogP contribution in [0.25, 0.3) is 0 Å². The molecule has 0 aliphatic rings. The molecule has 1 rings (SSSR count). The standard InChI is InChI=1S/C8H9BrFN.ClH/c9-8-6(4-5-11)2-1-3-7(8)10;/h1-3H,4-5,11H2;1H. The predicted molar refractivity (Wildman–Crippen MR) is 54.1 cm³/mol. The van der Waals surface area contributed by atoms with Gasteiger partial charge in [0.05, 0.1) is 4.47 Å². The summed E-state index contributed by atoms with van der Waals surface area (Å²) in [4.78, 5) is 0. The molecule has 1 nitrogen and oxygen atoms in total. The zero-order valence-corrected chi connectivity index (χ0v) is 8.79. The Morgan fingerprint density at radius 3 is 2.67 bits per heavy atom. The van der Waals surface area contributed by atoms with Crippen LogP contribution < -0.4 is 5.73 Å². The zero-order chi connectivity index (χ0) is 8.27. The van der Waals surface area contributed by atoms with Gasteiger partial charge in [0.15, 0.2) is 0 Å². The summed E-state index contributed by atoms with van der Waals surface area (Å²) in [5.41, 5.74) is 6.26. The van der Waals surface area contributed by atoms with Crippen molar-refractivity contribution in [3.63, 3.8) is 0 Å². The number of halogens is 3. The van der Waals surface area contributed by atoms with Crippen molar-refractivity contribution in [2.45, 2.75) is 6.42 Å². The first kappa shape index (κ1) is 11.9. The second-order valence-electron chi connectivity index (χ2n) is 2.25. The van der Waals surface area contributed by atoms with Gasteiger partial charge in [-0.3, -0.25) is 0 Å². The molecule has 0 radical (unpaired) electrons. The van der Waals surface area contributed by atoms with Gasteiger partial charge in [0.2, 0.25) is 0 Å². The first-order valence-corrected chi connectivity index (χ1v) is 4.18. The van der Waals surface area contributed by atoms with E-state index in [1.165, 1.54) is 6.07 Å². The summed E-state index contributed by atoms with van der Waals surface area (Å²) in [5, 5.41) is 0. The lowest BCUT2D eigenvalue weighted by atomic mass is 10.1. The van der Waals surface area contributed by atoms with Crippen LogP contribution in [-0.2, 0) is 6.42 Å². The van der Waals surface area contributed by atoms with E-state index in [-0.39, 0.29) is 18.2 Å². The molecule has 0 fully saturated rings. The number of hydrogen-bond donors (Lipinski definition) is 1. The maximum Gasteiger partial charge on any atom is 0.137 e. The summed E-state index contributed by atoms with van der Waals surface area (Å²) in [6, 6.07) is 4.97. The monoisotopic (exact) mass is 253 g/mol. The fourth-order valence-electron chi connectivity index (χ4n) is 0.897. The van der Waals surface area contributed by atoms with Gasteiger partial charge in [-0.25, -0.2) is 4.39 Å². The van der Waals surface area contributed by atoms with Crippen LogP contribution in [-0.4, -0.2) is 6.54 Å². The minimum absolute atomic E-state index is 0. The van der Waals surface area contributed by atoms with Gasteiger partial charge in [0.25, 0.3) is 0 Å². The molecule has 0 spiro atoms. The topological polar surface area (TPSA) is 26.0 Å². The molecule has 0 aliphatic heterocycles. The fourth-order valence-corrected chi connectivity index (χ4v) is 1.36. The molecule has 0 atom stereocenters. The average molecular weight is 255 g/mol. The molecule has 4 heteroatoms. The highest BCUT2D eigenvalue weighted by Crippen LogP contribution is 2.20. The minimum Gasteiger partial charge on any atom is -0.330 e. The first-order chi connectivity index (χ1) is 5.25. The number of hydrogen-bond acceptors (Lipinski definition) is 1. The molecular formula is C8H10BrClFN. The van der Waals surface area contributed by atoms with Crippen LogP contribution >= 0.6 is 28.3 Å². The Labute approximate surface area is 85.7 Å². The molecular weight excluding hydrogens is 244 g/mol. The molecule has 0 aliphatic carbocycles. The van der Waals surface area contributed by atoms with Gasteiger partial charge in [-0.05, 0) is 40.5 Å². The van der Waals surface area contributed by atoms with Crippen molar-refractivity contribution in [2.24, 2.45) is 5.73 Å². The van der Waals surface area contributed by atoms with Crippen molar-refractivity contribution in [1.82, 2.24) is 0 Å². The molecule has 2 N–H and O–H groups in total. The van der Waals surface area contributed by atoms with E-state index in [9.17, 15) is 4.39 Å². The molecule has 0 aromatic heterocycles. The Balaban J connectivity index is 0.00000121. The van der Waals surface area contributed by atoms with Gasteiger partial charge in [0, 0.05) is 0 Å².